The molecule has 1 amide bonds. The van der Waals surface area contributed by atoms with E-state index in [0.29, 0.717) is 30.5 Å². The average Bonchev–Trinajstić information content (AvgIpc) is 2.74. The highest BCUT2D eigenvalue weighted by molar-refractivity contribution is 6.30. The molecule has 0 radical (unpaired) electrons. The number of hydrogen-bond donors (Lipinski definition) is 0. The van der Waals surface area contributed by atoms with Crippen LogP contribution in [-0.4, -0.2) is 68.8 Å². The molecule has 2 aromatic rings. The molecule has 0 spiro atoms. The fourth-order valence-electron chi connectivity index (χ4n) is 2.95. The average molecular weight is 405 g/mol. The second-order valence-electron chi connectivity index (χ2n) is 6.49. The molecule has 0 bridgehead atoms. The van der Waals surface area contributed by atoms with Gasteiger partial charge in [0.15, 0.2) is 6.61 Å². The zero-order valence-corrected chi connectivity index (χ0v) is 16.7. The van der Waals surface area contributed by atoms with Crippen molar-refractivity contribution in [3.8, 4) is 17.2 Å². The molecule has 1 fully saturated rings. The summed E-state index contributed by atoms with van der Waals surface area (Å²) in [5, 5.41) is 0.698. The predicted molar refractivity (Wildman–Crippen MR) is 108 cm³/mol. The van der Waals surface area contributed by atoms with Crippen LogP contribution in [0.3, 0.4) is 0 Å². The Labute approximate surface area is 170 Å². The molecular formula is C21H25ClN2O4. The van der Waals surface area contributed by atoms with Gasteiger partial charge in [-0.25, -0.2) is 0 Å². The van der Waals surface area contributed by atoms with E-state index in [1.807, 2.05) is 41.3 Å². The van der Waals surface area contributed by atoms with Crippen LogP contribution in [0.5, 0.6) is 17.2 Å². The molecule has 0 saturated carbocycles. The van der Waals surface area contributed by atoms with Gasteiger partial charge in [0.05, 0.1) is 7.11 Å². The number of ether oxygens (including phenoxy) is 3. The molecule has 1 heterocycles. The minimum Gasteiger partial charge on any atom is -0.497 e. The van der Waals surface area contributed by atoms with Crippen LogP contribution < -0.4 is 14.2 Å². The molecule has 0 aliphatic carbocycles. The van der Waals surface area contributed by atoms with E-state index in [2.05, 4.69) is 4.90 Å². The number of benzene rings is 2. The van der Waals surface area contributed by atoms with E-state index in [9.17, 15) is 4.79 Å². The summed E-state index contributed by atoms with van der Waals surface area (Å²) in [4.78, 5) is 16.5. The normalized spacial score (nSPS) is 14.6. The van der Waals surface area contributed by atoms with Gasteiger partial charge in [-0.05, 0) is 48.5 Å². The van der Waals surface area contributed by atoms with Crippen LogP contribution in [0.15, 0.2) is 48.5 Å². The Bertz CT molecular complexity index is 744. The molecule has 0 atom stereocenters. The molecule has 1 saturated heterocycles. The Balaban J connectivity index is 1.33. The number of carbonyl (C=O) groups excluding carboxylic acids is 1. The third kappa shape index (κ3) is 6.04. The van der Waals surface area contributed by atoms with Gasteiger partial charge in [0.2, 0.25) is 0 Å². The predicted octanol–water partition coefficient (Wildman–Crippen LogP) is 2.95. The molecule has 7 heteroatoms. The van der Waals surface area contributed by atoms with Crippen molar-refractivity contribution >= 4 is 17.5 Å². The molecule has 3 rings (SSSR count). The lowest BCUT2D eigenvalue weighted by Gasteiger charge is -2.34. The van der Waals surface area contributed by atoms with Crippen molar-refractivity contribution in [3.05, 3.63) is 53.6 Å². The van der Waals surface area contributed by atoms with Gasteiger partial charge in [-0.2, -0.15) is 0 Å². The third-order valence-corrected chi connectivity index (χ3v) is 4.89. The number of nitrogens with zero attached hydrogens (tertiary/aromatic N) is 2. The van der Waals surface area contributed by atoms with Crippen molar-refractivity contribution < 1.29 is 19.0 Å². The Hall–Kier alpha value is -2.44. The van der Waals surface area contributed by atoms with Crippen molar-refractivity contribution in [1.82, 2.24) is 9.80 Å². The fraction of sp³-hybridized carbons (Fsp3) is 0.381. The van der Waals surface area contributed by atoms with Crippen molar-refractivity contribution in [2.75, 3.05) is 53.0 Å². The fourth-order valence-corrected chi connectivity index (χ4v) is 3.08. The van der Waals surface area contributed by atoms with Gasteiger partial charge in [0, 0.05) is 37.7 Å². The molecular weight excluding hydrogens is 380 g/mol. The van der Waals surface area contributed by atoms with E-state index in [4.69, 9.17) is 25.8 Å². The number of rotatable bonds is 8. The largest absolute Gasteiger partial charge is 0.497 e. The maximum Gasteiger partial charge on any atom is 0.260 e. The summed E-state index contributed by atoms with van der Waals surface area (Å²) >= 11 is 5.87. The number of methoxy groups -OCH3 is 1. The molecule has 6 nitrogen and oxygen atoms in total. The smallest absolute Gasteiger partial charge is 0.260 e. The van der Waals surface area contributed by atoms with Crippen LogP contribution in [-0.2, 0) is 4.79 Å². The summed E-state index contributed by atoms with van der Waals surface area (Å²) in [6.07, 6.45) is 0. The second-order valence-corrected chi connectivity index (χ2v) is 6.93. The van der Waals surface area contributed by atoms with Crippen LogP contribution in [0.1, 0.15) is 0 Å². The Kier molecular flexibility index (Phi) is 7.39. The summed E-state index contributed by atoms with van der Waals surface area (Å²) in [5.74, 6) is 2.24. The SMILES string of the molecule is COc1ccc(OCC(=O)N2CCN(CCOc3ccc(Cl)cc3)CC2)cc1. The maximum atomic E-state index is 12.3. The van der Waals surface area contributed by atoms with E-state index in [-0.39, 0.29) is 12.5 Å². The topological polar surface area (TPSA) is 51.2 Å². The minimum atomic E-state index is 0.00730. The summed E-state index contributed by atoms with van der Waals surface area (Å²) in [6, 6.07) is 14.6. The van der Waals surface area contributed by atoms with Gasteiger partial charge in [0.25, 0.3) is 5.91 Å². The van der Waals surface area contributed by atoms with E-state index in [1.165, 1.54) is 0 Å². The van der Waals surface area contributed by atoms with Crippen LogP contribution in [0.4, 0.5) is 0 Å². The Morgan fingerprint density at radius 2 is 1.46 bits per heavy atom. The molecule has 28 heavy (non-hydrogen) atoms. The quantitative estimate of drug-likeness (QED) is 0.677. The second kappa shape index (κ2) is 10.2. The van der Waals surface area contributed by atoms with Crippen molar-refractivity contribution in [1.29, 1.82) is 0 Å². The highest BCUT2D eigenvalue weighted by Gasteiger charge is 2.21. The summed E-state index contributed by atoms with van der Waals surface area (Å²) in [6.45, 7) is 4.54. The number of hydrogen-bond acceptors (Lipinski definition) is 5. The van der Waals surface area contributed by atoms with E-state index < -0.39 is 0 Å². The van der Waals surface area contributed by atoms with Crippen molar-refractivity contribution in [2.24, 2.45) is 0 Å². The van der Waals surface area contributed by atoms with Gasteiger partial charge in [-0.1, -0.05) is 11.6 Å². The van der Waals surface area contributed by atoms with Crippen LogP contribution >= 0.6 is 11.6 Å². The number of amides is 1. The number of halogens is 1. The van der Waals surface area contributed by atoms with Gasteiger partial charge < -0.3 is 19.1 Å². The third-order valence-electron chi connectivity index (χ3n) is 4.64. The summed E-state index contributed by atoms with van der Waals surface area (Å²) in [7, 11) is 1.61. The van der Waals surface area contributed by atoms with Gasteiger partial charge >= 0.3 is 0 Å². The molecule has 1 aliphatic rings. The molecule has 2 aromatic carbocycles. The molecule has 150 valence electrons. The highest BCUT2D eigenvalue weighted by Crippen LogP contribution is 2.17. The van der Waals surface area contributed by atoms with Crippen LogP contribution in [0, 0.1) is 0 Å². The zero-order chi connectivity index (χ0) is 19.8. The lowest BCUT2D eigenvalue weighted by atomic mass is 10.3. The summed E-state index contributed by atoms with van der Waals surface area (Å²) in [5.41, 5.74) is 0. The standard InChI is InChI=1S/C21H25ClN2O4/c1-26-18-6-8-20(9-7-18)28-16-21(25)24-12-10-23(11-13-24)14-15-27-19-4-2-17(22)3-5-19/h2-9H,10-16H2,1H3. The van der Waals surface area contributed by atoms with E-state index in [1.54, 1.807) is 19.2 Å². The van der Waals surface area contributed by atoms with Gasteiger partial charge in [0.1, 0.15) is 23.9 Å². The van der Waals surface area contributed by atoms with E-state index >= 15 is 0 Å². The first-order valence-corrected chi connectivity index (χ1v) is 9.67. The van der Waals surface area contributed by atoms with Crippen LogP contribution in [0.25, 0.3) is 0 Å². The van der Waals surface area contributed by atoms with Crippen molar-refractivity contribution in [2.45, 2.75) is 0 Å². The summed E-state index contributed by atoms with van der Waals surface area (Å²) < 4.78 is 16.4. The number of carbonyl (C=O) groups is 1. The molecule has 1 aliphatic heterocycles. The van der Waals surface area contributed by atoms with Gasteiger partial charge in [-0.3, -0.25) is 9.69 Å². The molecule has 0 unspecified atom stereocenters. The minimum absolute atomic E-state index is 0.00730. The number of piperazine rings is 1. The lowest BCUT2D eigenvalue weighted by Crippen LogP contribution is -2.50. The molecule has 0 N–H and O–H groups in total. The first kappa shape index (κ1) is 20.3. The lowest BCUT2D eigenvalue weighted by molar-refractivity contribution is -0.135. The first-order chi connectivity index (χ1) is 13.6. The Morgan fingerprint density at radius 1 is 0.893 bits per heavy atom. The first-order valence-electron chi connectivity index (χ1n) is 9.29. The monoisotopic (exact) mass is 404 g/mol. The highest BCUT2D eigenvalue weighted by atomic mass is 35.5. The molecule has 0 aromatic heterocycles. The van der Waals surface area contributed by atoms with Crippen molar-refractivity contribution in [3.63, 3.8) is 0 Å². The van der Waals surface area contributed by atoms with E-state index in [0.717, 1.165) is 31.1 Å². The van der Waals surface area contributed by atoms with Gasteiger partial charge in [-0.15, -0.1) is 0 Å². The zero-order valence-electron chi connectivity index (χ0n) is 16.0. The Morgan fingerprint density at radius 3 is 2.11 bits per heavy atom. The maximum absolute atomic E-state index is 12.3. The van der Waals surface area contributed by atoms with Crippen LogP contribution in [0.2, 0.25) is 5.02 Å².